The molecule has 0 aliphatic carbocycles. The number of carbonyl (C=O) groups is 1. The van der Waals surface area contributed by atoms with Crippen LogP contribution < -0.4 is 10.2 Å². The van der Waals surface area contributed by atoms with Crippen LogP contribution in [0.5, 0.6) is 0 Å². The van der Waals surface area contributed by atoms with Gasteiger partial charge in [-0.2, -0.15) is 0 Å². The zero-order valence-corrected chi connectivity index (χ0v) is 11.2. The summed E-state index contributed by atoms with van der Waals surface area (Å²) in [6, 6.07) is 9.32. The lowest BCUT2D eigenvalue weighted by atomic mass is 10.2. The van der Waals surface area contributed by atoms with Crippen molar-refractivity contribution in [3.8, 4) is 0 Å². The van der Waals surface area contributed by atoms with Gasteiger partial charge in [0.05, 0.1) is 12.8 Å². The molecule has 20 heavy (non-hydrogen) atoms. The normalized spacial score (nSPS) is 10.9. The fourth-order valence-electron chi connectivity index (χ4n) is 1.65. The van der Waals surface area contributed by atoms with Crippen LogP contribution in [0.4, 0.5) is 0 Å². The minimum Gasteiger partial charge on any atom is -0.459 e. The molecule has 0 atom stereocenters. The molecule has 104 valence electrons. The molecule has 0 bridgehead atoms. The summed E-state index contributed by atoms with van der Waals surface area (Å²) in [6.45, 7) is 1.88. The number of hydrogen-bond donors (Lipinski definition) is 1. The van der Waals surface area contributed by atoms with E-state index in [9.17, 15) is 9.59 Å². The van der Waals surface area contributed by atoms with E-state index >= 15 is 0 Å². The van der Waals surface area contributed by atoms with Gasteiger partial charge < -0.3 is 4.74 Å². The minimum atomic E-state index is -0.676. The molecule has 0 aliphatic heterocycles. The Hall–Kier alpha value is -2.70. The molecule has 1 aromatic carbocycles. The second-order valence-corrected chi connectivity index (χ2v) is 4.00. The Morgan fingerprint density at radius 1 is 1.45 bits per heavy atom. The lowest BCUT2D eigenvalue weighted by Gasteiger charge is -1.94. The topological polar surface area (TPSA) is 80.3 Å². The predicted molar refractivity (Wildman–Crippen MR) is 71.6 cm³/mol. The van der Waals surface area contributed by atoms with E-state index in [0.29, 0.717) is 0 Å². The van der Waals surface area contributed by atoms with Gasteiger partial charge in [-0.25, -0.2) is 9.59 Å². The van der Waals surface area contributed by atoms with Crippen LogP contribution in [0.25, 0.3) is 0 Å². The first kappa shape index (κ1) is 13.7. The molecule has 2 rings (SSSR count). The van der Waals surface area contributed by atoms with Gasteiger partial charge in [0.1, 0.15) is 7.05 Å². The molecule has 0 spiro atoms. The third-order valence-corrected chi connectivity index (χ3v) is 2.57. The van der Waals surface area contributed by atoms with E-state index in [0.717, 1.165) is 10.4 Å². The number of carbonyl (C=O) groups excluding carboxylic acids is 1. The first-order chi connectivity index (χ1) is 9.63. The van der Waals surface area contributed by atoms with Crippen LogP contribution in [0.3, 0.4) is 0 Å². The molecule has 0 fully saturated rings. The summed E-state index contributed by atoms with van der Waals surface area (Å²) in [5.41, 5.74) is 0.185. The number of nitrogens with one attached hydrogen (secondary N) is 1. The van der Waals surface area contributed by atoms with Crippen molar-refractivity contribution in [2.24, 2.45) is 12.1 Å². The van der Waals surface area contributed by atoms with Crippen LogP contribution in [0.1, 0.15) is 23.0 Å². The highest BCUT2D eigenvalue weighted by molar-refractivity contribution is 5.85. The van der Waals surface area contributed by atoms with Gasteiger partial charge >= 0.3 is 17.2 Å². The maximum atomic E-state index is 12.0. The fraction of sp³-hybridized carbons (Fsp3) is 0.231. The Labute approximate surface area is 115 Å². The molecule has 7 heteroatoms. The molecule has 0 aliphatic rings. The SMILES string of the molecule is CCOC(=O)c1c(=O)n(N=Cc2ccccc2)[nH][n+]1C. The van der Waals surface area contributed by atoms with Crippen molar-refractivity contribution in [1.82, 2.24) is 10.0 Å². The van der Waals surface area contributed by atoms with Crippen LogP contribution in [0.2, 0.25) is 0 Å². The zero-order chi connectivity index (χ0) is 14.5. The van der Waals surface area contributed by atoms with E-state index in [1.165, 1.54) is 10.9 Å². The molecule has 7 nitrogen and oxygen atoms in total. The number of benzene rings is 1. The second kappa shape index (κ2) is 5.96. The predicted octanol–water partition coefficient (Wildman–Crippen LogP) is 0.0598. The van der Waals surface area contributed by atoms with Crippen LogP contribution in [0.15, 0.2) is 40.2 Å². The average molecular weight is 275 g/mol. The van der Waals surface area contributed by atoms with Gasteiger partial charge in [0.25, 0.3) is 0 Å². The van der Waals surface area contributed by atoms with Crippen molar-refractivity contribution in [3.63, 3.8) is 0 Å². The molecule has 0 amide bonds. The Balaban J connectivity index is 2.31. The molecular formula is C13H15N4O3+. The number of aromatic amines is 1. The number of ether oxygens (including phenoxy) is 1. The molecule has 2 aromatic rings. The van der Waals surface area contributed by atoms with E-state index in [2.05, 4.69) is 10.3 Å². The maximum Gasteiger partial charge on any atom is 0.434 e. The molecule has 0 saturated heterocycles. The monoisotopic (exact) mass is 275 g/mol. The third-order valence-electron chi connectivity index (χ3n) is 2.57. The summed E-state index contributed by atoms with van der Waals surface area (Å²) in [5.74, 6) is -0.676. The first-order valence-corrected chi connectivity index (χ1v) is 6.11. The third kappa shape index (κ3) is 2.82. The van der Waals surface area contributed by atoms with Crippen molar-refractivity contribution in [3.05, 3.63) is 51.9 Å². The summed E-state index contributed by atoms with van der Waals surface area (Å²) in [6.07, 6.45) is 1.52. The van der Waals surface area contributed by atoms with E-state index in [1.807, 2.05) is 30.3 Å². The number of hydrogen-bond acceptors (Lipinski definition) is 4. The highest BCUT2D eigenvalue weighted by Gasteiger charge is 2.27. The van der Waals surface area contributed by atoms with Gasteiger partial charge in [0.2, 0.25) is 0 Å². The van der Waals surface area contributed by atoms with Gasteiger partial charge in [-0.15, -0.1) is 4.68 Å². The van der Waals surface area contributed by atoms with Crippen LogP contribution in [-0.2, 0) is 11.8 Å². The summed E-state index contributed by atoms with van der Waals surface area (Å²) < 4.78 is 6.10. The lowest BCUT2D eigenvalue weighted by Crippen LogP contribution is -2.39. The number of esters is 1. The number of H-pyrrole nitrogens is 1. The van der Waals surface area contributed by atoms with Crippen LogP contribution in [-0.4, -0.2) is 28.8 Å². The largest absolute Gasteiger partial charge is 0.459 e. The van der Waals surface area contributed by atoms with E-state index in [4.69, 9.17) is 4.74 Å². The summed E-state index contributed by atoms with van der Waals surface area (Å²) in [5, 5.41) is 6.64. The van der Waals surface area contributed by atoms with Gasteiger partial charge in [-0.1, -0.05) is 40.6 Å². The maximum absolute atomic E-state index is 12.0. The molecule has 1 heterocycles. The number of aromatic nitrogens is 3. The minimum absolute atomic E-state index is 0.0999. The molecule has 1 aromatic heterocycles. The summed E-state index contributed by atoms with van der Waals surface area (Å²) >= 11 is 0. The van der Waals surface area contributed by atoms with E-state index < -0.39 is 11.5 Å². The smallest absolute Gasteiger partial charge is 0.434 e. The van der Waals surface area contributed by atoms with Crippen LogP contribution in [0, 0.1) is 0 Å². The molecule has 0 radical (unpaired) electrons. The van der Waals surface area contributed by atoms with Crippen molar-refractivity contribution in [2.75, 3.05) is 6.61 Å². The fourth-order valence-corrected chi connectivity index (χ4v) is 1.65. The van der Waals surface area contributed by atoms with Crippen molar-refractivity contribution in [1.29, 1.82) is 0 Å². The highest BCUT2D eigenvalue weighted by atomic mass is 16.5. The molecule has 0 unspecified atom stereocenters. The van der Waals surface area contributed by atoms with Crippen molar-refractivity contribution < 1.29 is 14.2 Å². The standard InChI is InChI=1S/C13H14N4O3/c1-3-20-13(19)11-12(18)17(15-16(11)2)14-9-10-7-5-4-6-8-10/h4-9H,3H2,1-2H3/p+1. The highest BCUT2D eigenvalue weighted by Crippen LogP contribution is 1.94. The Kier molecular flexibility index (Phi) is 4.09. The van der Waals surface area contributed by atoms with E-state index in [1.54, 1.807) is 14.0 Å². The number of aryl methyl sites for hydroxylation is 1. The van der Waals surface area contributed by atoms with Crippen LogP contribution >= 0.6 is 0 Å². The van der Waals surface area contributed by atoms with Gasteiger partial charge in [0, 0.05) is 4.79 Å². The quantitative estimate of drug-likeness (QED) is 0.487. The lowest BCUT2D eigenvalue weighted by molar-refractivity contribution is -0.734. The summed E-state index contributed by atoms with van der Waals surface area (Å²) in [7, 11) is 1.54. The van der Waals surface area contributed by atoms with Gasteiger partial charge in [0.15, 0.2) is 0 Å². The van der Waals surface area contributed by atoms with Gasteiger partial charge in [-0.3, -0.25) is 0 Å². The zero-order valence-electron chi connectivity index (χ0n) is 11.2. The first-order valence-electron chi connectivity index (χ1n) is 6.11. The number of rotatable bonds is 4. The van der Waals surface area contributed by atoms with Crippen molar-refractivity contribution in [2.45, 2.75) is 6.92 Å². The Morgan fingerprint density at radius 2 is 2.15 bits per heavy atom. The molecule has 0 saturated carbocycles. The molecule has 1 N–H and O–H groups in total. The Morgan fingerprint density at radius 3 is 2.80 bits per heavy atom. The molecular weight excluding hydrogens is 260 g/mol. The van der Waals surface area contributed by atoms with Gasteiger partial charge in [-0.05, 0) is 12.5 Å². The second-order valence-electron chi connectivity index (χ2n) is 4.00. The average Bonchev–Trinajstić information content (AvgIpc) is 2.72. The summed E-state index contributed by atoms with van der Waals surface area (Å²) in [4.78, 5) is 24.7. The Bertz CT molecular complexity index is 685. The van der Waals surface area contributed by atoms with E-state index in [-0.39, 0.29) is 12.3 Å². The van der Waals surface area contributed by atoms with Crippen molar-refractivity contribution >= 4 is 12.2 Å². The number of nitrogens with zero attached hydrogens (tertiary/aromatic N) is 3.